The molecule has 2 aromatic carbocycles. The van der Waals surface area contributed by atoms with E-state index in [-0.39, 0.29) is 36.6 Å². The number of fused-ring (bicyclic) bond motifs is 2. The summed E-state index contributed by atoms with van der Waals surface area (Å²) in [5.74, 6) is -0.0543. The molecule has 0 bridgehead atoms. The van der Waals surface area contributed by atoms with Crippen molar-refractivity contribution in [2.75, 3.05) is 23.7 Å². The molecule has 0 atom stereocenters. The van der Waals surface area contributed by atoms with Crippen LogP contribution in [0.25, 0.3) is 11.1 Å². The van der Waals surface area contributed by atoms with Gasteiger partial charge in [0.1, 0.15) is 0 Å². The van der Waals surface area contributed by atoms with Crippen LogP contribution in [0.4, 0.5) is 11.4 Å². The summed E-state index contributed by atoms with van der Waals surface area (Å²) in [4.78, 5) is 35.4. The molecule has 0 radical (unpaired) electrons. The van der Waals surface area contributed by atoms with Crippen LogP contribution in [0.15, 0.2) is 36.4 Å². The largest absolute Gasteiger partial charge is 0.327 e. The second-order valence-corrected chi connectivity index (χ2v) is 10.6. The molecule has 0 unspecified atom stereocenters. The van der Waals surface area contributed by atoms with Crippen LogP contribution in [0.5, 0.6) is 0 Å². The summed E-state index contributed by atoms with van der Waals surface area (Å²) in [6, 6.07) is 10.7. The Kier molecular flexibility index (Phi) is 9.87. The normalized spacial score (nSPS) is 13.7. The number of aromatic nitrogens is 4. The second kappa shape index (κ2) is 13.0. The Balaban J connectivity index is 0.00000202. The number of hydrogen-bond donors (Lipinski definition) is 4. The fraction of sp³-hybridized carbons (Fsp3) is 0.286. The number of imidazole rings is 2. The Morgan fingerprint density at radius 3 is 1.52 bits per heavy atom. The fourth-order valence-electron chi connectivity index (χ4n) is 5.35. The highest BCUT2D eigenvalue weighted by molar-refractivity contribution is 6.40. The van der Waals surface area contributed by atoms with Crippen LogP contribution in [-0.2, 0) is 40.0 Å². The van der Waals surface area contributed by atoms with Crippen molar-refractivity contribution in [1.29, 1.82) is 0 Å². The Hall–Kier alpha value is -3.12. The third kappa shape index (κ3) is 5.75. The SMILES string of the molecule is Cl.Cl.Cn1c(C(=O)Nc2cccc(-c3cccc(NC(=O)c4nc5c(n4C)CCNC5)c3Cl)c2Cl)nc2c1CCNC2. The second-order valence-electron chi connectivity index (χ2n) is 9.87. The number of amides is 2. The van der Waals surface area contributed by atoms with Gasteiger partial charge in [0.2, 0.25) is 0 Å². The van der Waals surface area contributed by atoms with Crippen molar-refractivity contribution in [1.82, 2.24) is 29.7 Å². The van der Waals surface area contributed by atoms with Crippen molar-refractivity contribution < 1.29 is 9.59 Å². The Bertz CT molecular complexity index is 1540. The molecule has 0 spiro atoms. The number of nitrogens with one attached hydrogen (secondary N) is 4. The van der Waals surface area contributed by atoms with Gasteiger partial charge in [-0.05, 0) is 12.1 Å². The summed E-state index contributed by atoms with van der Waals surface area (Å²) in [6.07, 6.45) is 1.63. The zero-order valence-corrected chi connectivity index (χ0v) is 26.0. The van der Waals surface area contributed by atoms with E-state index >= 15 is 0 Å². The van der Waals surface area contributed by atoms with Crippen molar-refractivity contribution in [3.05, 3.63) is 80.9 Å². The molecule has 4 heterocycles. The van der Waals surface area contributed by atoms with Crippen LogP contribution in [-0.4, -0.2) is 44.0 Å². The molecule has 6 rings (SSSR count). The van der Waals surface area contributed by atoms with Crippen LogP contribution in [0.2, 0.25) is 10.0 Å². The first-order valence-corrected chi connectivity index (χ1v) is 13.8. The summed E-state index contributed by atoms with van der Waals surface area (Å²) >= 11 is 13.6. The molecule has 2 amide bonds. The van der Waals surface area contributed by atoms with Gasteiger partial charge in [-0.15, -0.1) is 24.8 Å². The minimum Gasteiger partial charge on any atom is -0.327 e. The van der Waals surface area contributed by atoms with Gasteiger partial charge < -0.3 is 30.4 Å². The van der Waals surface area contributed by atoms with E-state index in [1.165, 1.54) is 0 Å². The molecule has 2 aromatic heterocycles. The Morgan fingerprint density at radius 1 is 0.738 bits per heavy atom. The topological polar surface area (TPSA) is 118 Å². The van der Waals surface area contributed by atoms with Gasteiger partial charge >= 0.3 is 0 Å². The van der Waals surface area contributed by atoms with E-state index in [4.69, 9.17) is 23.2 Å². The number of hydrogen-bond acceptors (Lipinski definition) is 6. The highest BCUT2D eigenvalue weighted by Crippen LogP contribution is 2.40. The molecule has 222 valence electrons. The molecule has 4 aromatic rings. The van der Waals surface area contributed by atoms with Gasteiger partial charge in [-0.25, -0.2) is 9.97 Å². The molecule has 14 heteroatoms. The van der Waals surface area contributed by atoms with E-state index < -0.39 is 0 Å². The first-order valence-electron chi connectivity index (χ1n) is 13.0. The van der Waals surface area contributed by atoms with Crippen molar-refractivity contribution in [2.45, 2.75) is 25.9 Å². The minimum absolute atomic E-state index is 0. The molecule has 2 aliphatic rings. The van der Waals surface area contributed by atoms with Gasteiger partial charge in [0.25, 0.3) is 11.8 Å². The maximum Gasteiger partial charge on any atom is 0.291 e. The number of nitrogens with zero attached hydrogens (tertiary/aromatic N) is 4. The van der Waals surface area contributed by atoms with Crippen molar-refractivity contribution in [3.8, 4) is 11.1 Å². The molecule has 42 heavy (non-hydrogen) atoms. The summed E-state index contributed by atoms with van der Waals surface area (Å²) in [6.45, 7) is 2.97. The standard InChI is InChI=1S/C28H28Cl2N8O2.2ClH/c1-37-21-9-11-31-13-19(21)33-25(37)27(39)35-17-7-3-5-15(23(17)29)16-6-4-8-18(24(16)30)36-28(40)26-34-20-14-32-12-10-22(20)38(26)2;;/h3-8,31-32H,9-14H2,1-2H3,(H,35,39)(H,36,40);2*1H. The molecule has 0 saturated heterocycles. The zero-order chi connectivity index (χ0) is 28.0. The van der Waals surface area contributed by atoms with Crippen molar-refractivity contribution >= 4 is 71.2 Å². The average Bonchev–Trinajstić information content (AvgIpc) is 3.48. The first-order chi connectivity index (χ1) is 19.3. The van der Waals surface area contributed by atoms with Crippen LogP contribution in [0, 0.1) is 0 Å². The first kappa shape index (κ1) is 31.8. The van der Waals surface area contributed by atoms with Crippen molar-refractivity contribution in [3.63, 3.8) is 0 Å². The summed E-state index contributed by atoms with van der Waals surface area (Å²) in [5.41, 5.74) is 5.96. The lowest BCUT2D eigenvalue weighted by atomic mass is 10.0. The lowest BCUT2D eigenvalue weighted by molar-refractivity contribution is 0.100. The molecular weight excluding hydrogens is 622 g/mol. The van der Waals surface area contributed by atoms with E-state index in [1.807, 2.05) is 35.4 Å². The van der Waals surface area contributed by atoms with Crippen LogP contribution >= 0.6 is 48.0 Å². The lowest BCUT2D eigenvalue weighted by Crippen LogP contribution is -2.24. The number of anilines is 2. The predicted molar refractivity (Wildman–Crippen MR) is 170 cm³/mol. The third-order valence-electron chi connectivity index (χ3n) is 7.45. The van der Waals surface area contributed by atoms with Crippen LogP contribution in [0.3, 0.4) is 0 Å². The molecule has 0 saturated carbocycles. The summed E-state index contributed by atoms with van der Waals surface area (Å²) in [5, 5.41) is 13.0. The number of rotatable bonds is 5. The van der Waals surface area contributed by atoms with Gasteiger partial charge in [0, 0.05) is 75.6 Å². The minimum atomic E-state index is -0.351. The highest BCUT2D eigenvalue weighted by Gasteiger charge is 2.25. The molecular formula is C28H30Cl4N8O2. The maximum absolute atomic E-state index is 13.2. The average molecular weight is 652 g/mol. The smallest absolute Gasteiger partial charge is 0.291 e. The summed E-state index contributed by atoms with van der Waals surface area (Å²) < 4.78 is 3.67. The van der Waals surface area contributed by atoms with Gasteiger partial charge in [-0.3, -0.25) is 9.59 Å². The summed E-state index contributed by atoms with van der Waals surface area (Å²) in [7, 11) is 3.70. The van der Waals surface area contributed by atoms with Crippen molar-refractivity contribution in [2.24, 2.45) is 14.1 Å². The van der Waals surface area contributed by atoms with E-state index in [9.17, 15) is 9.59 Å². The third-order valence-corrected chi connectivity index (χ3v) is 8.26. The molecule has 0 fully saturated rings. The number of carbonyl (C=O) groups is 2. The quantitative estimate of drug-likeness (QED) is 0.247. The molecule has 0 aliphatic carbocycles. The van der Waals surface area contributed by atoms with Gasteiger partial charge in [0.05, 0.1) is 32.8 Å². The Labute approximate surface area is 265 Å². The molecule has 2 aliphatic heterocycles. The maximum atomic E-state index is 13.2. The van der Waals surface area contributed by atoms with Gasteiger partial charge in [-0.1, -0.05) is 47.5 Å². The van der Waals surface area contributed by atoms with Crippen LogP contribution < -0.4 is 21.3 Å². The predicted octanol–water partition coefficient (Wildman–Crippen LogP) is 4.77. The van der Waals surface area contributed by atoms with Crippen LogP contribution in [0.1, 0.15) is 44.0 Å². The Morgan fingerprint density at radius 2 is 1.14 bits per heavy atom. The monoisotopic (exact) mass is 650 g/mol. The van der Waals surface area contributed by atoms with Gasteiger partial charge in [-0.2, -0.15) is 0 Å². The van der Waals surface area contributed by atoms with E-state index in [0.717, 1.165) is 48.7 Å². The highest BCUT2D eigenvalue weighted by atomic mass is 35.5. The number of carbonyl (C=O) groups excluding carboxylic acids is 2. The van der Waals surface area contributed by atoms with E-state index in [0.29, 0.717) is 57.3 Å². The number of halogens is 4. The fourth-order valence-corrected chi connectivity index (χ4v) is 5.90. The molecule has 10 nitrogen and oxygen atoms in total. The zero-order valence-electron chi connectivity index (χ0n) is 22.9. The van der Waals surface area contributed by atoms with E-state index in [2.05, 4.69) is 31.2 Å². The molecule has 4 N–H and O–H groups in total. The number of benzene rings is 2. The lowest BCUT2D eigenvalue weighted by Gasteiger charge is -2.15. The van der Waals surface area contributed by atoms with Gasteiger partial charge in [0.15, 0.2) is 11.6 Å². The van der Waals surface area contributed by atoms with E-state index in [1.54, 1.807) is 24.3 Å².